The maximum atomic E-state index is 10.4. The third-order valence-corrected chi connectivity index (χ3v) is 3.23. The van der Waals surface area contributed by atoms with Gasteiger partial charge in [0.25, 0.3) is 0 Å². The molecule has 0 saturated heterocycles. The van der Waals surface area contributed by atoms with E-state index in [-0.39, 0.29) is 12.4 Å². The van der Waals surface area contributed by atoms with E-state index in [1.807, 2.05) is 60.7 Å². The van der Waals surface area contributed by atoms with Gasteiger partial charge in [0.1, 0.15) is 12.1 Å². The van der Waals surface area contributed by atoms with Gasteiger partial charge in [-0.2, -0.15) is 0 Å². The van der Waals surface area contributed by atoms with Gasteiger partial charge in [0.2, 0.25) is 0 Å². The topological polar surface area (TPSA) is 127 Å². The Hall–Kier alpha value is -2.41. The van der Waals surface area contributed by atoms with E-state index < -0.39 is 24.0 Å². The SMILES string of the molecule is Cl.N[C@@H](Cc1ccccc1)C(=O)O.N[C@@H](Cc1ccccc1)C(=O)O. The average molecular weight is 367 g/mol. The van der Waals surface area contributed by atoms with Crippen LogP contribution in [0.5, 0.6) is 0 Å². The number of halogens is 1. The molecule has 0 saturated carbocycles. The standard InChI is InChI=1S/2C9H11NO2.ClH/c2*10-8(9(11)12)6-7-4-2-1-3-5-7;/h2*1-5,8H,6,10H2,(H,11,12);1H/t2*8-;/m00./s1. The first-order valence-corrected chi connectivity index (χ1v) is 7.44. The summed E-state index contributed by atoms with van der Waals surface area (Å²) in [5.41, 5.74) is 12.6. The molecule has 136 valence electrons. The van der Waals surface area contributed by atoms with E-state index in [0.717, 1.165) is 11.1 Å². The van der Waals surface area contributed by atoms with E-state index in [1.54, 1.807) is 0 Å². The number of hydrogen-bond acceptors (Lipinski definition) is 4. The maximum Gasteiger partial charge on any atom is 0.320 e. The lowest BCUT2D eigenvalue weighted by Crippen LogP contribution is -2.32. The quantitative estimate of drug-likeness (QED) is 0.616. The summed E-state index contributed by atoms with van der Waals surface area (Å²) in [6.07, 6.45) is 0.770. The highest BCUT2D eigenvalue weighted by atomic mass is 35.5. The number of aliphatic carboxylic acids is 2. The van der Waals surface area contributed by atoms with Gasteiger partial charge in [-0.25, -0.2) is 0 Å². The van der Waals surface area contributed by atoms with Crippen molar-refractivity contribution in [2.75, 3.05) is 0 Å². The summed E-state index contributed by atoms with van der Waals surface area (Å²) >= 11 is 0. The average Bonchev–Trinajstić information content (AvgIpc) is 2.57. The van der Waals surface area contributed by atoms with Gasteiger partial charge in [-0.3, -0.25) is 9.59 Å². The third-order valence-electron chi connectivity index (χ3n) is 3.23. The normalized spacial score (nSPS) is 11.9. The molecule has 6 N–H and O–H groups in total. The Bertz CT molecular complexity index is 581. The predicted molar refractivity (Wildman–Crippen MR) is 98.8 cm³/mol. The first-order chi connectivity index (χ1) is 11.4. The van der Waals surface area contributed by atoms with Crippen LogP contribution >= 0.6 is 12.4 Å². The summed E-state index contributed by atoms with van der Waals surface area (Å²) in [5.74, 6) is -1.92. The lowest BCUT2D eigenvalue weighted by atomic mass is 10.1. The van der Waals surface area contributed by atoms with Gasteiger partial charge >= 0.3 is 11.9 Å². The largest absolute Gasteiger partial charge is 0.480 e. The van der Waals surface area contributed by atoms with Crippen molar-refractivity contribution in [2.24, 2.45) is 11.5 Å². The molecule has 0 heterocycles. The van der Waals surface area contributed by atoms with Crippen molar-refractivity contribution >= 4 is 24.3 Å². The Morgan fingerprint density at radius 3 is 1.24 bits per heavy atom. The molecule has 0 aliphatic heterocycles. The highest BCUT2D eigenvalue weighted by molar-refractivity contribution is 5.85. The summed E-state index contributed by atoms with van der Waals surface area (Å²) in [7, 11) is 0. The van der Waals surface area contributed by atoms with Crippen LogP contribution < -0.4 is 11.5 Å². The third kappa shape index (κ3) is 9.46. The first kappa shape index (κ1) is 22.6. The summed E-state index contributed by atoms with van der Waals surface area (Å²) in [5, 5.41) is 17.0. The Morgan fingerprint density at radius 1 is 0.720 bits per heavy atom. The zero-order chi connectivity index (χ0) is 17.9. The molecule has 2 aromatic rings. The zero-order valence-electron chi connectivity index (χ0n) is 13.6. The predicted octanol–water partition coefficient (Wildman–Crippen LogP) is 1.70. The molecule has 7 heteroatoms. The molecule has 0 spiro atoms. The molecule has 6 nitrogen and oxygen atoms in total. The van der Waals surface area contributed by atoms with Gasteiger partial charge in [-0.15, -0.1) is 12.4 Å². The smallest absolute Gasteiger partial charge is 0.320 e. The monoisotopic (exact) mass is 366 g/mol. The molecule has 2 atom stereocenters. The van der Waals surface area contributed by atoms with Crippen LogP contribution in [-0.2, 0) is 22.4 Å². The van der Waals surface area contributed by atoms with Crippen LogP contribution in [0.3, 0.4) is 0 Å². The van der Waals surface area contributed by atoms with Crippen LogP contribution in [0.25, 0.3) is 0 Å². The van der Waals surface area contributed by atoms with E-state index in [2.05, 4.69) is 0 Å². The summed E-state index contributed by atoms with van der Waals surface area (Å²) in [4.78, 5) is 20.8. The molecule has 0 bridgehead atoms. The highest BCUT2D eigenvalue weighted by Crippen LogP contribution is 2.02. The number of nitrogens with two attached hydrogens (primary N) is 2. The van der Waals surface area contributed by atoms with Crippen LogP contribution in [0.1, 0.15) is 11.1 Å². The van der Waals surface area contributed by atoms with Crippen LogP contribution in [0.2, 0.25) is 0 Å². The van der Waals surface area contributed by atoms with E-state index in [9.17, 15) is 9.59 Å². The molecule has 0 aliphatic rings. The number of carboxylic acids is 2. The molecular weight excluding hydrogens is 344 g/mol. The molecule has 0 unspecified atom stereocenters. The molecule has 0 fully saturated rings. The van der Waals surface area contributed by atoms with Gasteiger partial charge in [0, 0.05) is 0 Å². The molecule has 0 aromatic heterocycles. The van der Waals surface area contributed by atoms with Gasteiger partial charge in [0.05, 0.1) is 0 Å². The van der Waals surface area contributed by atoms with Crippen LogP contribution in [0, 0.1) is 0 Å². The molecule has 2 aromatic carbocycles. The number of carboxylic acid groups (broad SMARTS) is 2. The van der Waals surface area contributed by atoms with Crippen molar-refractivity contribution in [3.63, 3.8) is 0 Å². The van der Waals surface area contributed by atoms with Crippen LogP contribution in [0.15, 0.2) is 60.7 Å². The minimum atomic E-state index is -0.959. The van der Waals surface area contributed by atoms with Crippen molar-refractivity contribution in [3.8, 4) is 0 Å². The highest BCUT2D eigenvalue weighted by Gasteiger charge is 2.11. The fourth-order valence-corrected chi connectivity index (χ4v) is 1.91. The molecular formula is C18H23ClN2O4. The fraction of sp³-hybridized carbons (Fsp3) is 0.222. The van der Waals surface area contributed by atoms with Crippen molar-refractivity contribution in [2.45, 2.75) is 24.9 Å². The summed E-state index contributed by atoms with van der Waals surface area (Å²) in [6.45, 7) is 0. The number of rotatable bonds is 6. The van der Waals surface area contributed by atoms with Crippen LogP contribution in [-0.4, -0.2) is 34.2 Å². The van der Waals surface area contributed by atoms with Crippen molar-refractivity contribution < 1.29 is 19.8 Å². The Balaban J connectivity index is 0.000000443. The lowest BCUT2D eigenvalue weighted by molar-refractivity contribution is -0.139. The van der Waals surface area contributed by atoms with Crippen molar-refractivity contribution in [1.29, 1.82) is 0 Å². The second-order valence-electron chi connectivity index (χ2n) is 5.27. The van der Waals surface area contributed by atoms with Gasteiger partial charge in [-0.1, -0.05) is 60.7 Å². The van der Waals surface area contributed by atoms with Gasteiger partial charge in [0.15, 0.2) is 0 Å². The summed E-state index contributed by atoms with van der Waals surface area (Å²) < 4.78 is 0. The van der Waals surface area contributed by atoms with Gasteiger partial charge in [-0.05, 0) is 24.0 Å². The second kappa shape index (κ2) is 12.0. The molecule has 2 rings (SSSR count). The van der Waals surface area contributed by atoms with Crippen molar-refractivity contribution in [1.82, 2.24) is 0 Å². The number of hydrogen-bond donors (Lipinski definition) is 4. The Labute approximate surface area is 152 Å². The Kier molecular flexibility index (Phi) is 10.9. The first-order valence-electron chi connectivity index (χ1n) is 7.44. The van der Waals surface area contributed by atoms with Crippen LogP contribution in [0.4, 0.5) is 0 Å². The molecule has 0 amide bonds. The number of carbonyl (C=O) groups is 2. The minimum absolute atomic E-state index is 0. The molecule has 0 radical (unpaired) electrons. The van der Waals surface area contributed by atoms with Gasteiger partial charge < -0.3 is 21.7 Å². The molecule has 25 heavy (non-hydrogen) atoms. The van der Waals surface area contributed by atoms with E-state index >= 15 is 0 Å². The maximum absolute atomic E-state index is 10.4. The van der Waals surface area contributed by atoms with Crippen molar-refractivity contribution in [3.05, 3.63) is 71.8 Å². The summed E-state index contributed by atoms with van der Waals surface area (Å²) in [6, 6.07) is 17.1. The number of benzene rings is 2. The van der Waals surface area contributed by atoms with E-state index in [4.69, 9.17) is 21.7 Å². The van der Waals surface area contributed by atoms with E-state index in [1.165, 1.54) is 0 Å². The lowest BCUT2D eigenvalue weighted by Gasteiger charge is -2.04. The van der Waals surface area contributed by atoms with E-state index in [0.29, 0.717) is 12.8 Å². The molecule has 0 aliphatic carbocycles. The Morgan fingerprint density at radius 2 is 1.00 bits per heavy atom. The fourth-order valence-electron chi connectivity index (χ4n) is 1.91. The minimum Gasteiger partial charge on any atom is -0.480 e. The zero-order valence-corrected chi connectivity index (χ0v) is 14.4. The second-order valence-corrected chi connectivity index (χ2v) is 5.27.